The Morgan fingerprint density at radius 1 is 1.19 bits per heavy atom. The van der Waals surface area contributed by atoms with Gasteiger partial charge in [0.05, 0.1) is 4.83 Å². The van der Waals surface area contributed by atoms with Crippen LogP contribution in [0.2, 0.25) is 0 Å². The third-order valence-corrected chi connectivity index (χ3v) is 4.89. The molecule has 0 nitrogen and oxygen atoms in total. The van der Waals surface area contributed by atoms with Gasteiger partial charge >= 0.3 is 0 Å². The van der Waals surface area contributed by atoms with Crippen LogP contribution in [0.15, 0.2) is 30.3 Å². The molecule has 0 amide bonds. The van der Waals surface area contributed by atoms with Crippen LogP contribution in [0, 0.1) is 19.7 Å². The summed E-state index contributed by atoms with van der Waals surface area (Å²) >= 11 is 5.34. The molecule has 84 valence electrons. The van der Waals surface area contributed by atoms with Gasteiger partial charge < -0.3 is 0 Å². The Hall–Kier alpha value is -0.670. The van der Waals surface area contributed by atoms with Crippen LogP contribution in [-0.4, -0.2) is 0 Å². The second-order valence-corrected chi connectivity index (χ2v) is 6.05. The molecule has 0 saturated heterocycles. The number of thiophene rings is 1. The Labute approximate surface area is 107 Å². The molecule has 0 bridgehead atoms. The van der Waals surface area contributed by atoms with Crippen molar-refractivity contribution in [1.29, 1.82) is 0 Å². The molecule has 0 aliphatic heterocycles. The number of hydrogen-bond donors (Lipinski definition) is 0. The number of benzene rings is 1. The molecule has 0 saturated carbocycles. The van der Waals surface area contributed by atoms with E-state index in [4.69, 9.17) is 0 Å². The predicted molar refractivity (Wildman–Crippen MR) is 71.0 cm³/mol. The fraction of sp³-hybridized carbons (Fsp3) is 0.231. The highest BCUT2D eigenvalue weighted by Gasteiger charge is 2.13. The van der Waals surface area contributed by atoms with E-state index in [0.717, 1.165) is 5.56 Å². The van der Waals surface area contributed by atoms with E-state index in [9.17, 15) is 4.39 Å². The average molecular weight is 299 g/mol. The number of halogens is 2. The van der Waals surface area contributed by atoms with Crippen LogP contribution >= 0.6 is 27.3 Å². The lowest BCUT2D eigenvalue weighted by molar-refractivity contribution is 0.616. The molecular formula is C13H12BrFS. The van der Waals surface area contributed by atoms with Crippen LogP contribution in [0.4, 0.5) is 4.39 Å². The highest BCUT2D eigenvalue weighted by molar-refractivity contribution is 9.09. The minimum absolute atomic E-state index is 0.0845. The summed E-state index contributed by atoms with van der Waals surface area (Å²) in [6, 6.07) is 9.55. The summed E-state index contributed by atoms with van der Waals surface area (Å²) < 4.78 is 13.4. The molecule has 3 heteroatoms. The SMILES string of the molecule is Cc1ccc(C(Br)c2ccc(C)c(F)c2)s1. The molecule has 1 unspecified atom stereocenters. The van der Waals surface area contributed by atoms with Crippen molar-refractivity contribution in [3.63, 3.8) is 0 Å². The second kappa shape index (κ2) is 4.68. The van der Waals surface area contributed by atoms with Crippen molar-refractivity contribution in [3.05, 3.63) is 57.0 Å². The molecular weight excluding hydrogens is 287 g/mol. The Bertz CT molecular complexity index is 504. The molecule has 0 N–H and O–H groups in total. The predicted octanol–water partition coefficient (Wildman–Crippen LogP) is 4.99. The van der Waals surface area contributed by atoms with E-state index < -0.39 is 0 Å². The zero-order valence-electron chi connectivity index (χ0n) is 9.13. The van der Waals surface area contributed by atoms with Gasteiger partial charge in [-0.15, -0.1) is 11.3 Å². The maximum atomic E-state index is 13.4. The largest absolute Gasteiger partial charge is 0.207 e. The number of rotatable bonds is 2. The van der Waals surface area contributed by atoms with Gasteiger partial charge in [0.25, 0.3) is 0 Å². The Morgan fingerprint density at radius 2 is 1.94 bits per heavy atom. The first-order valence-electron chi connectivity index (χ1n) is 5.04. The summed E-state index contributed by atoms with van der Waals surface area (Å²) in [5.74, 6) is -0.143. The fourth-order valence-corrected chi connectivity index (χ4v) is 3.12. The summed E-state index contributed by atoms with van der Waals surface area (Å²) in [5.41, 5.74) is 1.65. The summed E-state index contributed by atoms with van der Waals surface area (Å²) in [7, 11) is 0. The first-order chi connectivity index (χ1) is 7.58. The summed E-state index contributed by atoms with van der Waals surface area (Å²) in [4.78, 5) is 2.56. The molecule has 1 aromatic heterocycles. The monoisotopic (exact) mass is 298 g/mol. The van der Waals surface area contributed by atoms with Gasteiger partial charge in [-0.25, -0.2) is 4.39 Å². The minimum Gasteiger partial charge on any atom is -0.207 e. The maximum Gasteiger partial charge on any atom is 0.126 e. The van der Waals surface area contributed by atoms with Gasteiger partial charge in [0.1, 0.15) is 5.82 Å². The highest BCUT2D eigenvalue weighted by Crippen LogP contribution is 2.35. The first kappa shape index (κ1) is 11.8. The molecule has 0 fully saturated rings. The number of alkyl halides is 1. The standard InChI is InChI=1S/C13H12BrFS/c1-8-3-5-10(7-11(8)15)13(14)12-6-4-9(2)16-12/h3-7,13H,1-2H3. The number of aryl methyl sites for hydroxylation is 2. The lowest BCUT2D eigenvalue weighted by atomic mass is 10.1. The lowest BCUT2D eigenvalue weighted by Gasteiger charge is -2.09. The Morgan fingerprint density at radius 3 is 2.50 bits per heavy atom. The number of hydrogen-bond acceptors (Lipinski definition) is 1. The zero-order chi connectivity index (χ0) is 11.7. The van der Waals surface area contributed by atoms with E-state index in [2.05, 4.69) is 35.0 Å². The summed E-state index contributed by atoms with van der Waals surface area (Å²) in [6.07, 6.45) is 0. The molecule has 2 rings (SSSR count). The average Bonchev–Trinajstić information content (AvgIpc) is 2.68. The van der Waals surface area contributed by atoms with E-state index in [1.807, 2.05) is 12.1 Å². The van der Waals surface area contributed by atoms with Crippen molar-refractivity contribution >= 4 is 27.3 Å². The molecule has 0 radical (unpaired) electrons. The van der Waals surface area contributed by atoms with Crippen molar-refractivity contribution in [3.8, 4) is 0 Å². The Balaban J connectivity index is 2.33. The van der Waals surface area contributed by atoms with Crippen molar-refractivity contribution < 1.29 is 4.39 Å². The van der Waals surface area contributed by atoms with E-state index in [-0.39, 0.29) is 10.6 Å². The molecule has 0 aliphatic rings. The molecule has 1 heterocycles. The van der Waals surface area contributed by atoms with Crippen LogP contribution < -0.4 is 0 Å². The van der Waals surface area contributed by atoms with Crippen molar-refractivity contribution in [2.45, 2.75) is 18.7 Å². The van der Waals surface area contributed by atoms with Crippen LogP contribution in [0.3, 0.4) is 0 Å². The second-order valence-electron chi connectivity index (χ2n) is 3.82. The van der Waals surface area contributed by atoms with Gasteiger partial charge in [0.15, 0.2) is 0 Å². The normalized spacial score (nSPS) is 12.8. The van der Waals surface area contributed by atoms with Crippen LogP contribution in [-0.2, 0) is 0 Å². The van der Waals surface area contributed by atoms with Crippen LogP contribution in [0.25, 0.3) is 0 Å². The quantitative estimate of drug-likeness (QED) is 0.685. The topological polar surface area (TPSA) is 0 Å². The van der Waals surface area contributed by atoms with Crippen molar-refractivity contribution in [1.82, 2.24) is 0 Å². The van der Waals surface area contributed by atoms with E-state index >= 15 is 0 Å². The Kier molecular flexibility index (Phi) is 3.45. The molecule has 2 aromatic rings. The minimum atomic E-state index is -0.143. The summed E-state index contributed by atoms with van der Waals surface area (Å²) in [5, 5.41) is 0. The van der Waals surface area contributed by atoms with Gasteiger partial charge in [0.2, 0.25) is 0 Å². The maximum absolute atomic E-state index is 13.4. The molecule has 0 spiro atoms. The third kappa shape index (κ3) is 2.36. The molecule has 0 aliphatic carbocycles. The molecule has 1 atom stereocenters. The van der Waals surface area contributed by atoms with Crippen molar-refractivity contribution in [2.75, 3.05) is 0 Å². The van der Waals surface area contributed by atoms with E-state index in [1.54, 1.807) is 24.3 Å². The third-order valence-electron chi connectivity index (χ3n) is 2.50. The van der Waals surface area contributed by atoms with E-state index in [1.165, 1.54) is 9.75 Å². The van der Waals surface area contributed by atoms with Gasteiger partial charge in [-0.3, -0.25) is 0 Å². The van der Waals surface area contributed by atoms with Gasteiger partial charge in [-0.1, -0.05) is 28.1 Å². The van der Waals surface area contributed by atoms with Crippen molar-refractivity contribution in [2.24, 2.45) is 0 Å². The zero-order valence-corrected chi connectivity index (χ0v) is 11.5. The lowest BCUT2D eigenvalue weighted by Crippen LogP contribution is -1.92. The first-order valence-corrected chi connectivity index (χ1v) is 6.77. The van der Waals surface area contributed by atoms with Gasteiger partial charge in [-0.05, 0) is 43.2 Å². The van der Waals surface area contributed by atoms with Crippen LogP contribution in [0.1, 0.15) is 25.7 Å². The molecule has 16 heavy (non-hydrogen) atoms. The van der Waals surface area contributed by atoms with Gasteiger partial charge in [-0.2, -0.15) is 0 Å². The fourth-order valence-electron chi connectivity index (χ4n) is 1.52. The molecule has 1 aromatic carbocycles. The van der Waals surface area contributed by atoms with Gasteiger partial charge in [0, 0.05) is 9.75 Å². The summed E-state index contributed by atoms with van der Waals surface area (Å²) in [6.45, 7) is 3.85. The highest BCUT2D eigenvalue weighted by atomic mass is 79.9. The van der Waals surface area contributed by atoms with E-state index in [0.29, 0.717) is 5.56 Å². The smallest absolute Gasteiger partial charge is 0.126 e. The van der Waals surface area contributed by atoms with Crippen LogP contribution in [0.5, 0.6) is 0 Å².